The van der Waals surface area contributed by atoms with E-state index in [2.05, 4.69) is 28.8 Å². The molecule has 2 N–H and O–H groups in total. The fraction of sp³-hybridized carbons (Fsp3) is 0.304. The van der Waals surface area contributed by atoms with E-state index in [4.69, 9.17) is 16.3 Å². The largest absolute Gasteiger partial charge is 0.495 e. The van der Waals surface area contributed by atoms with E-state index in [1.54, 1.807) is 18.2 Å². The van der Waals surface area contributed by atoms with Crippen LogP contribution in [0, 0.1) is 11.3 Å². The first-order valence-corrected chi connectivity index (χ1v) is 10.0. The summed E-state index contributed by atoms with van der Waals surface area (Å²) in [5, 5.41) is 15.8. The summed E-state index contributed by atoms with van der Waals surface area (Å²) < 4.78 is 5.26. The summed E-state index contributed by atoms with van der Waals surface area (Å²) in [6, 6.07) is 13.2. The Morgan fingerprint density at radius 2 is 1.97 bits per heavy atom. The normalized spacial score (nSPS) is 14.3. The molecule has 0 bridgehead atoms. The van der Waals surface area contributed by atoms with Crippen LogP contribution in [0.3, 0.4) is 0 Å². The van der Waals surface area contributed by atoms with Crippen LogP contribution in [0.5, 0.6) is 5.75 Å². The predicted molar refractivity (Wildman–Crippen MR) is 115 cm³/mol. The number of nitrogens with one attached hydrogen (secondary N) is 2. The van der Waals surface area contributed by atoms with Crippen LogP contribution in [0.4, 0.5) is 5.69 Å². The number of nitriles is 1. The molecule has 1 atom stereocenters. The molecule has 0 saturated heterocycles. The highest BCUT2D eigenvalue weighted by Crippen LogP contribution is 2.28. The Morgan fingerprint density at radius 3 is 2.69 bits per heavy atom. The van der Waals surface area contributed by atoms with Gasteiger partial charge in [-0.15, -0.1) is 0 Å². The number of hydrogen-bond donors (Lipinski definition) is 2. The second-order valence-corrected chi connectivity index (χ2v) is 7.53. The number of fused-ring (bicyclic) bond motifs is 1. The van der Waals surface area contributed by atoms with Gasteiger partial charge in [0.2, 0.25) is 0 Å². The van der Waals surface area contributed by atoms with Gasteiger partial charge in [-0.2, -0.15) is 5.26 Å². The van der Waals surface area contributed by atoms with Gasteiger partial charge in [-0.25, -0.2) is 0 Å². The van der Waals surface area contributed by atoms with Gasteiger partial charge in [-0.05, 0) is 67.5 Å². The first-order valence-electron chi connectivity index (χ1n) is 9.64. The maximum Gasteiger partial charge on any atom is 0.263 e. The van der Waals surface area contributed by atoms with Crippen LogP contribution in [0.2, 0.25) is 5.02 Å². The van der Waals surface area contributed by atoms with E-state index >= 15 is 0 Å². The molecular formula is C23H24ClN3O2. The van der Waals surface area contributed by atoms with Crippen LogP contribution < -0.4 is 15.4 Å². The Balaban J connectivity index is 1.70. The topological polar surface area (TPSA) is 74.1 Å². The van der Waals surface area contributed by atoms with Crippen molar-refractivity contribution in [2.75, 3.05) is 12.4 Å². The SMILES string of the molecule is COc1ccc(Cl)cc1N/C=C(/C#N)C(=O)NC(C)c1ccc2c(c1)CCCC2. The first kappa shape index (κ1) is 20.8. The molecule has 0 aromatic heterocycles. The lowest BCUT2D eigenvalue weighted by atomic mass is 9.89. The zero-order chi connectivity index (χ0) is 20.8. The third kappa shape index (κ3) is 5.10. The second-order valence-electron chi connectivity index (χ2n) is 7.09. The number of benzene rings is 2. The Labute approximate surface area is 176 Å². The van der Waals surface area contributed by atoms with Crippen LogP contribution in [0.1, 0.15) is 42.5 Å². The summed E-state index contributed by atoms with van der Waals surface area (Å²) in [6.07, 6.45) is 6.01. The Hall–Kier alpha value is -2.97. The van der Waals surface area contributed by atoms with E-state index in [1.807, 2.05) is 13.0 Å². The van der Waals surface area contributed by atoms with Crippen molar-refractivity contribution < 1.29 is 9.53 Å². The lowest BCUT2D eigenvalue weighted by molar-refractivity contribution is -0.117. The molecular weight excluding hydrogens is 386 g/mol. The van der Waals surface area contributed by atoms with Crippen molar-refractivity contribution in [3.05, 3.63) is 69.9 Å². The number of aryl methyl sites for hydroxylation is 2. The highest BCUT2D eigenvalue weighted by atomic mass is 35.5. The Kier molecular flexibility index (Phi) is 6.79. The van der Waals surface area contributed by atoms with Crippen molar-refractivity contribution >= 4 is 23.2 Å². The van der Waals surface area contributed by atoms with Crippen molar-refractivity contribution in [1.29, 1.82) is 5.26 Å². The summed E-state index contributed by atoms with van der Waals surface area (Å²) in [7, 11) is 1.54. The standard InChI is InChI=1S/C23H24ClN3O2/c1-15(17-8-7-16-5-3-4-6-18(16)11-17)27-23(28)19(13-25)14-26-21-12-20(24)9-10-22(21)29-2/h7-12,14-15,26H,3-6H2,1-2H3,(H,27,28)/b19-14-. The molecule has 0 heterocycles. The Morgan fingerprint density at radius 1 is 1.21 bits per heavy atom. The van der Waals surface area contributed by atoms with Gasteiger partial charge in [-0.1, -0.05) is 29.8 Å². The summed E-state index contributed by atoms with van der Waals surface area (Å²) in [4.78, 5) is 12.6. The number of carbonyl (C=O) groups excluding carboxylic acids is 1. The smallest absolute Gasteiger partial charge is 0.263 e. The molecule has 29 heavy (non-hydrogen) atoms. The monoisotopic (exact) mass is 409 g/mol. The molecule has 1 amide bonds. The molecule has 0 fully saturated rings. The summed E-state index contributed by atoms with van der Waals surface area (Å²) in [5.41, 5.74) is 4.34. The highest BCUT2D eigenvalue weighted by Gasteiger charge is 2.16. The van der Waals surface area contributed by atoms with Crippen LogP contribution in [-0.4, -0.2) is 13.0 Å². The van der Waals surface area contributed by atoms with Gasteiger partial charge in [0.05, 0.1) is 18.8 Å². The zero-order valence-electron chi connectivity index (χ0n) is 16.6. The molecule has 0 aliphatic heterocycles. The second kappa shape index (κ2) is 9.49. The maximum atomic E-state index is 12.6. The minimum absolute atomic E-state index is 0.0307. The van der Waals surface area contributed by atoms with Gasteiger partial charge in [0.1, 0.15) is 17.4 Å². The molecule has 2 aromatic rings. The number of methoxy groups -OCH3 is 1. The molecule has 5 nitrogen and oxygen atoms in total. The molecule has 1 aliphatic carbocycles. The number of halogens is 1. The van der Waals surface area contributed by atoms with Crippen molar-refractivity contribution in [3.63, 3.8) is 0 Å². The summed E-state index contributed by atoms with van der Waals surface area (Å²) >= 11 is 6.01. The minimum atomic E-state index is -0.439. The fourth-order valence-corrected chi connectivity index (χ4v) is 3.64. The molecule has 3 rings (SSSR count). The summed E-state index contributed by atoms with van der Waals surface area (Å²) in [6.45, 7) is 1.92. The van der Waals surface area contributed by atoms with E-state index in [0.717, 1.165) is 18.4 Å². The number of nitrogens with zero attached hydrogens (tertiary/aromatic N) is 1. The van der Waals surface area contributed by atoms with E-state index in [-0.39, 0.29) is 11.6 Å². The van der Waals surface area contributed by atoms with E-state index < -0.39 is 5.91 Å². The summed E-state index contributed by atoms with van der Waals surface area (Å²) in [5.74, 6) is 0.122. The third-order valence-electron chi connectivity index (χ3n) is 5.12. The van der Waals surface area contributed by atoms with E-state index in [9.17, 15) is 10.1 Å². The predicted octanol–water partition coefficient (Wildman–Crippen LogP) is 4.92. The number of ether oxygens (including phenoxy) is 1. The van der Waals surface area contributed by atoms with E-state index in [0.29, 0.717) is 16.5 Å². The number of amides is 1. The molecule has 150 valence electrons. The van der Waals surface area contributed by atoms with Crippen LogP contribution >= 0.6 is 11.6 Å². The van der Waals surface area contributed by atoms with Gasteiger partial charge in [0.15, 0.2) is 0 Å². The van der Waals surface area contributed by atoms with Crippen molar-refractivity contribution in [2.24, 2.45) is 0 Å². The number of rotatable bonds is 6. The minimum Gasteiger partial charge on any atom is -0.495 e. The lowest BCUT2D eigenvalue weighted by Crippen LogP contribution is -2.28. The first-order chi connectivity index (χ1) is 14.0. The quantitative estimate of drug-likeness (QED) is 0.524. The molecule has 2 aromatic carbocycles. The third-order valence-corrected chi connectivity index (χ3v) is 5.35. The molecule has 0 spiro atoms. The molecule has 0 radical (unpaired) electrons. The van der Waals surface area contributed by atoms with Crippen molar-refractivity contribution in [1.82, 2.24) is 5.32 Å². The molecule has 0 saturated carbocycles. The molecule has 1 unspecified atom stereocenters. The van der Waals surface area contributed by atoms with Gasteiger partial charge >= 0.3 is 0 Å². The Bertz CT molecular complexity index is 979. The van der Waals surface area contributed by atoms with Gasteiger partial charge in [0.25, 0.3) is 5.91 Å². The number of hydrogen-bond acceptors (Lipinski definition) is 4. The average Bonchev–Trinajstić information content (AvgIpc) is 2.74. The van der Waals surface area contributed by atoms with Crippen LogP contribution in [0.25, 0.3) is 0 Å². The van der Waals surface area contributed by atoms with Crippen molar-refractivity contribution in [3.8, 4) is 11.8 Å². The highest BCUT2D eigenvalue weighted by molar-refractivity contribution is 6.30. The van der Waals surface area contributed by atoms with Gasteiger partial charge in [0, 0.05) is 11.2 Å². The lowest BCUT2D eigenvalue weighted by Gasteiger charge is -2.20. The average molecular weight is 410 g/mol. The van der Waals surface area contributed by atoms with Crippen LogP contribution in [-0.2, 0) is 17.6 Å². The van der Waals surface area contributed by atoms with Gasteiger partial charge in [-0.3, -0.25) is 4.79 Å². The fourth-order valence-electron chi connectivity index (χ4n) is 3.47. The number of carbonyl (C=O) groups is 1. The molecule has 1 aliphatic rings. The zero-order valence-corrected chi connectivity index (χ0v) is 17.3. The molecule has 6 heteroatoms. The van der Waals surface area contributed by atoms with E-state index in [1.165, 1.54) is 37.3 Å². The van der Waals surface area contributed by atoms with Crippen molar-refractivity contribution in [2.45, 2.75) is 38.6 Å². The van der Waals surface area contributed by atoms with Gasteiger partial charge < -0.3 is 15.4 Å². The van der Waals surface area contributed by atoms with Crippen LogP contribution in [0.15, 0.2) is 48.2 Å². The maximum absolute atomic E-state index is 12.6. The number of anilines is 1.